The zero-order valence-corrected chi connectivity index (χ0v) is 21.9. The van der Waals surface area contributed by atoms with E-state index in [-0.39, 0.29) is 30.3 Å². The third-order valence-corrected chi connectivity index (χ3v) is 6.98. The SMILES string of the molecule is COC[C@H](C)C(=O)C[C@H](CC[C@H](Cc1ccccc1)NC(=O)OCc1cncs1)Cc1ccccc1. The predicted molar refractivity (Wildman–Crippen MR) is 143 cm³/mol. The molecule has 6 nitrogen and oxygen atoms in total. The summed E-state index contributed by atoms with van der Waals surface area (Å²) >= 11 is 1.46. The number of ether oxygens (including phenoxy) is 2. The van der Waals surface area contributed by atoms with Gasteiger partial charge in [-0.3, -0.25) is 9.78 Å². The summed E-state index contributed by atoms with van der Waals surface area (Å²) in [4.78, 5) is 30.4. The number of Topliss-reactive ketones (excluding diaryl/α,β-unsaturated/α-hetero) is 1. The van der Waals surface area contributed by atoms with Crippen LogP contribution in [0.25, 0.3) is 0 Å². The number of rotatable bonds is 15. The van der Waals surface area contributed by atoms with Gasteiger partial charge in [-0.15, -0.1) is 11.3 Å². The fraction of sp³-hybridized carbons (Fsp3) is 0.414. The third-order valence-electron chi connectivity index (χ3n) is 6.22. The standard InChI is InChI=1S/C29H36N2O4S/c1-22(19-34-2)28(32)17-25(15-23-9-5-3-6-10-23)13-14-26(16-24-11-7-4-8-12-24)31-29(33)35-20-27-18-30-21-36-27/h3-12,18,21-22,25-26H,13-17,19-20H2,1-2H3,(H,31,33)/t22-,25+,26+/m0/s1. The molecular formula is C29H36N2O4S. The number of methoxy groups -OCH3 is 1. The Bertz CT molecular complexity index is 1030. The molecule has 0 bridgehead atoms. The highest BCUT2D eigenvalue weighted by atomic mass is 32.1. The lowest BCUT2D eigenvalue weighted by molar-refractivity contribution is -0.124. The minimum atomic E-state index is -0.436. The number of benzene rings is 2. The van der Waals surface area contributed by atoms with Gasteiger partial charge >= 0.3 is 6.09 Å². The van der Waals surface area contributed by atoms with Crippen molar-refractivity contribution in [1.82, 2.24) is 10.3 Å². The van der Waals surface area contributed by atoms with Gasteiger partial charge in [0.05, 0.1) is 17.0 Å². The van der Waals surface area contributed by atoms with Gasteiger partial charge in [-0.25, -0.2) is 4.79 Å². The normalized spacial score (nSPS) is 13.5. The predicted octanol–water partition coefficient (Wildman–Crippen LogP) is 5.86. The zero-order chi connectivity index (χ0) is 25.6. The van der Waals surface area contributed by atoms with E-state index < -0.39 is 6.09 Å². The van der Waals surface area contributed by atoms with Crippen LogP contribution in [0.3, 0.4) is 0 Å². The van der Waals surface area contributed by atoms with E-state index in [0.29, 0.717) is 19.4 Å². The maximum absolute atomic E-state index is 12.9. The maximum Gasteiger partial charge on any atom is 0.407 e. The molecule has 0 unspecified atom stereocenters. The molecule has 0 radical (unpaired) electrons. The molecule has 0 fully saturated rings. The minimum absolute atomic E-state index is 0.105. The van der Waals surface area contributed by atoms with Gasteiger partial charge in [0.2, 0.25) is 0 Å². The van der Waals surface area contributed by atoms with Crippen LogP contribution in [0.4, 0.5) is 4.79 Å². The molecule has 192 valence electrons. The lowest BCUT2D eigenvalue weighted by Gasteiger charge is -2.23. The first kappa shape index (κ1) is 27.6. The van der Waals surface area contributed by atoms with Crippen LogP contribution in [0.1, 0.15) is 42.2 Å². The molecule has 0 aliphatic heterocycles. The Labute approximate surface area is 218 Å². The number of nitrogens with zero attached hydrogens (tertiary/aromatic N) is 1. The van der Waals surface area contributed by atoms with Crippen molar-refractivity contribution in [3.8, 4) is 0 Å². The van der Waals surface area contributed by atoms with Gasteiger partial charge in [-0.1, -0.05) is 67.6 Å². The van der Waals surface area contributed by atoms with Crippen LogP contribution >= 0.6 is 11.3 Å². The van der Waals surface area contributed by atoms with Crippen molar-refractivity contribution in [2.45, 2.75) is 51.7 Å². The van der Waals surface area contributed by atoms with Gasteiger partial charge in [0.15, 0.2) is 0 Å². The molecular weight excluding hydrogens is 472 g/mol. The molecule has 2 aromatic carbocycles. The molecule has 0 spiro atoms. The molecule has 3 rings (SSSR count). The highest BCUT2D eigenvalue weighted by Crippen LogP contribution is 2.22. The third kappa shape index (κ3) is 9.91. The Morgan fingerprint density at radius 2 is 1.64 bits per heavy atom. The zero-order valence-electron chi connectivity index (χ0n) is 21.1. The molecule has 0 aliphatic carbocycles. The first-order valence-corrected chi connectivity index (χ1v) is 13.3. The summed E-state index contributed by atoms with van der Waals surface area (Å²) in [6.45, 7) is 2.56. The van der Waals surface area contributed by atoms with Crippen LogP contribution in [0, 0.1) is 11.8 Å². The summed E-state index contributed by atoms with van der Waals surface area (Å²) in [5.74, 6) is 0.259. The number of hydrogen-bond donors (Lipinski definition) is 1. The van der Waals surface area contributed by atoms with Crippen molar-refractivity contribution < 1.29 is 19.1 Å². The largest absolute Gasteiger partial charge is 0.444 e. The number of amides is 1. The van der Waals surface area contributed by atoms with Crippen LogP contribution in [-0.4, -0.2) is 36.6 Å². The van der Waals surface area contributed by atoms with Gasteiger partial charge in [-0.05, 0) is 42.7 Å². The van der Waals surface area contributed by atoms with Crippen LogP contribution in [0.15, 0.2) is 72.4 Å². The fourth-order valence-electron chi connectivity index (χ4n) is 4.27. The summed E-state index contributed by atoms with van der Waals surface area (Å²) in [5.41, 5.74) is 4.08. The molecule has 3 atom stereocenters. The van der Waals surface area contributed by atoms with E-state index >= 15 is 0 Å². The van der Waals surface area contributed by atoms with Crippen molar-refractivity contribution in [2.24, 2.45) is 11.8 Å². The molecule has 3 aromatic rings. The quantitative estimate of drug-likeness (QED) is 0.278. The van der Waals surface area contributed by atoms with Crippen molar-refractivity contribution in [2.75, 3.05) is 13.7 Å². The van der Waals surface area contributed by atoms with Crippen molar-refractivity contribution in [1.29, 1.82) is 0 Å². The van der Waals surface area contributed by atoms with Crippen molar-refractivity contribution >= 4 is 23.2 Å². The van der Waals surface area contributed by atoms with Crippen molar-refractivity contribution in [3.05, 3.63) is 88.4 Å². The van der Waals surface area contributed by atoms with Gasteiger partial charge in [0.1, 0.15) is 12.4 Å². The van der Waals surface area contributed by atoms with Crippen LogP contribution in [0.5, 0.6) is 0 Å². The average molecular weight is 509 g/mol. The Morgan fingerprint density at radius 1 is 0.972 bits per heavy atom. The Hall–Kier alpha value is -3.03. The van der Waals surface area contributed by atoms with Crippen LogP contribution in [-0.2, 0) is 33.7 Å². The lowest BCUT2D eigenvalue weighted by atomic mass is 9.86. The molecule has 1 heterocycles. The number of carbonyl (C=O) groups is 2. The van der Waals surface area contributed by atoms with Crippen molar-refractivity contribution in [3.63, 3.8) is 0 Å². The summed E-state index contributed by atoms with van der Waals surface area (Å²) in [6, 6.07) is 20.3. The second-order valence-electron chi connectivity index (χ2n) is 9.23. The van der Waals surface area contributed by atoms with Crippen LogP contribution < -0.4 is 5.32 Å². The number of thiazole rings is 1. The molecule has 7 heteroatoms. The summed E-state index contributed by atoms with van der Waals surface area (Å²) in [7, 11) is 1.62. The van der Waals surface area contributed by atoms with Crippen LogP contribution in [0.2, 0.25) is 0 Å². The minimum Gasteiger partial charge on any atom is -0.444 e. The highest BCUT2D eigenvalue weighted by molar-refractivity contribution is 7.09. The van der Waals surface area contributed by atoms with Gasteiger partial charge in [-0.2, -0.15) is 0 Å². The van der Waals surface area contributed by atoms with E-state index in [2.05, 4.69) is 34.6 Å². The molecule has 0 saturated heterocycles. The lowest BCUT2D eigenvalue weighted by Crippen LogP contribution is -2.37. The number of alkyl carbamates (subject to hydrolysis) is 1. The summed E-state index contributed by atoms with van der Waals surface area (Å²) in [5, 5.41) is 3.06. The van der Waals surface area contributed by atoms with E-state index in [1.165, 1.54) is 16.9 Å². The second kappa shape index (κ2) is 15.2. The molecule has 36 heavy (non-hydrogen) atoms. The number of carbonyl (C=O) groups excluding carboxylic acids is 2. The van der Waals surface area contributed by atoms with E-state index in [4.69, 9.17) is 9.47 Å². The molecule has 1 amide bonds. The summed E-state index contributed by atoms with van der Waals surface area (Å²) < 4.78 is 10.6. The van der Waals surface area contributed by atoms with Gasteiger partial charge in [0, 0.05) is 31.7 Å². The number of ketones is 1. The highest BCUT2D eigenvalue weighted by Gasteiger charge is 2.22. The Balaban J connectivity index is 1.65. The number of nitrogens with one attached hydrogen (secondary N) is 1. The first-order chi connectivity index (χ1) is 17.5. The van der Waals surface area contributed by atoms with Gasteiger partial charge in [0.25, 0.3) is 0 Å². The van der Waals surface area contributed by atoms with E-state index in [0.717, 1.165) is 29.7 Å². The number of aromatic nitrogens is 1. The monoisotopic (exact) mass is 508 g/mol. The Morgan fingerprint density at radius 3 is 2.25 bits per heavy atom. The average Bonchev–Trinajstić information content (AvgIpc) is 3.41. The topological polar surface area (TPSA) is 77.5 Å². The first-order valence-electron chi connectivity index (χ1n) is 12.4. The molecule has 0 saturated carbocycles. The molecule has 1 N–H and O–H groups in total. The molecule has 1 aromatic heterocycles. The number of hydrogen-bond acceptors (Lipinski definition) is 6. The van der Waals surface area contributed by atoms with E-state index in [1.807, 2.05) is 43.3 Å². The van der Waals surface area contributed by atoms with Gasteiger partial charge < -0.3 is 14.8 Å². The maximum atomic E-state index is 12.9. The smallest absolute Gasteiger partial charge is 0.407 e. The summed E-state index contributed by atoms with van der Waals surface area (Å²) in [6.07, 6.45) is 4.83. The van der Waals surface area contributed by atoms with E-state index in [1.54, 1.807) is 18.8 Å². The van der Waals surface area contributed by atoms with E-state index in [9.17, 15) is 9.59 Å². The fourth-order valence-corrected chi connectivity index (χ4v) is 4.78. The Kier molecular flexibility index (Phi) is 11.6. The second-order valence-corrected chi connectivity index (χ2v) is 10.2. The molecule has 0 aliphatic rings.